The van der Waals surface area contributed by atoms with E-state index in [2.05, 4.69) is 56.3 Å². The molecule has 22 nitrogen and oxygen atoms in total. The summed E-state index contributed by atoms with van der Waals surface area (Å²) < 4.78 is 93.8. The molecule has 0 spiro atoms. The average Bonchev–Trinajstić information content (AvgIpc) is 3.92. The van der Waals surface area contributed by atoms with Crippen LogP contribution in [0.25, 0.3) is 0 Å². The predicted octanol–water partition coefficient (Wildman–Crippen LogP) is 6.22. The zero-order valence-electron chi connectivity index (χ0n) is 34.8. The maximum absolute atomic E-state index is 14.2. The second kappa shape index (κ2) is 21.8. The van der Waals surface area contributed by atoms with Crippen LogP contribution < -0.4 is 41.4 Å². The van der Waals surface area contributed by atoms with Crippen molar-refractivity contribution >= 4 is 72.0 Å². The van der Waals surface area contributed by atoms with Crippen molar-refractivity contribution in [3.8, 4) is 11.5 Å². The van der Waals surface area contributed by atoms with E-state index in [0.29, 0.717) is 57.8 Å². The third-order valence-electron chi connectivity index (χ3n) is 8.16. The van der Waals surface area contributed by atoms with Crippen molar-refractivity contribution in [3.05, 3.63) is 150 Å². The van der Waals surface area contributed by atoms with E-state index < -0.39 is 31.7 Å². The van der Waals surface area contributed by atoms with Crippen LogP contribution >= 0.6 is 11.6 Å². The van der Waals surface area contributed by atoms with E-state index in [1.54, 1.807) is 74.5 Å². The fraction of sp³-hybridized carbons (Fsp3) is 0.100. The Morgan fingerprint density at radius 2 is 1.09 bits per heavy atom. The molecule has 27 heteroatoms. The Balaban J connectivity index is 0.000000188. The van der Waals surface area contributed by atoms with Crippen LogP contribution in [0.4, 0.5) is 49.1 Å². The molecule has 4 aromatic heterocycles. The largest absolute Gasteiger partial charge is 0.484 e. The lowest BCUT2D eigenvalue weighted by Crippen LogP contribution is -2.12. The number of nitrogens with one attached hydrogen (secondary N) is 3. The summed E-state index contributed by atoms with van der Waals surface area (Å²) in [4.78, 5) is 15.3. The Morgan fingerprint density at radius 3 is 1.55 bits per heavy atom. The highest BCUT2D eigenvalue weighted by Crippen LogP contribution is 2.25. The van der Waals surface area contributed by atoms with Gasteiger partial charge in [-0.15, -0.1) is 20.4 Å². The second-order valence-electron chi connectivity index (χ2n) is 13.3. The van der Waals surface area contributed by atoms with E-state index in [4.69, 9.17) is 45.9 Å². The van der Waals surface area contributed by atoms with Gasteiger partial charge in [0.15, 0.2) is 36.5 Å². The summed E-state index contributed by atoms with van der Waals surface area (Å²) in [5.74, 6) is 1.54. The van der Waals surface area contributed by atoms with E-state index in [9.17, 15) is 25.6 Å². The van der Waals surface area contributed by atoms with Crippen molar-refractivity contribution in [2.75, 3.05) is 21.7 Å². The normalized spacial score (nSPS) is 11.0. The SMILES string of the molecule is Cc1nnc(COc2ccc(Nc3nc(Cl)ncc3F)cc2)o1.Cc1nnc(COc2ccc(Nc3nc(Nc4cccc(S(N)(=O)=O)c4)ncc3F)cc2)o1.Nc1cccc(S(N)(=O)=O)c1. The number of hydrogen-bond donors (Lipinski definition) is 6. The number of anilines is 7. The number of ether oxygens (including phenoxy) is 2. The lowest BCUT2D eigenvalue weighted by atomic mass is 10.3. The zero-order chi connectivity index (χ0) is 48.1. The van der Waals surface area contributed by atoms with Crippen LogP contribution in [0.3, 0.4) is 0 Å². The van der Waals surface area contributed by atoms with Gasteiger partial charge in [-0.25, -0.2) is 45.9 Å². The van der Waals surface area contributed by atoms with Gasteiger partial charge >= 0.3 is 0 Å². The van der Waals surface area contributed by atoms with Gasteiger partial charge in [-0.2, -0.15) is 9.97 Å². The van der Waals surface area contributed by atoms with Crippen molar-refractivity contribution in [2.24, 2.45) is 10.3 Å². The van der Waals surface area contributed by atoms with Crippen molar-refractivity contribution in [1.29, 1.82) is 0 Å². The Kier molecular flexibility index (Phi) is 15.8. The highest BCUT2D eigenvalue weighted by atomic mass is 35.5. The molecule has 9 N–H and O–H groups in total. The topological polar surface area (TPSA) is 330 Å². The third kappa shape index (κ3) is 15.1. The smallest absolute Gasteiger partial charge is 0.253 e. The van der Waals surface area contributed by atoms with E-state index in [0.717, 1.165) is 12.4 Å². The first kappa shape index (κ1) is 48.5. The molecule has 0 saturated heterocycles. The lowest BCUT2D eigenvalue weighted by molar-refractivity contribution is 0.260. The minimum Gasteiger partial charge on any atom is -0.484 e. The van der Waals surface area contributed by atoms with E-state index in [-0.39, 0.29) is 45.9 Å². The predicted molar refractivity (Wildman–Crippen MR) is 238 cm³/mol. The molecule has 0 unspecified atom stereocenters. The van der Waals surface area contributed by atoms with Gasteiger partial charge in [0.25, 0.3) is 11.8 Å². The van der Waals surface area contributed by atoms with Gasteiger partial charge in [0, 0.05) is 36.6 Å². The van der Waals surface area contributed by atoms with Gasteiger partial charge in [0.1, 0.15) is 11.5 Å². The number of nitrogen functional groups attached to an aromatic ring is 1. The molecule has 4 heterocycles. The number of primary sulfonamides is 2. The molecule has 0 aliphatic rings. The number of halogens is 3. The van der Waals surface area contributed by atoms with Gasteiger partial charge in [-0.1, -0.05) is 12.1 Å². The maximum Gasteiger partial charge on any atom is 0.253 e. The summed E-state index contributed by atoms with van der Waals surface area (Å²) in [5, 5.41) is 33.6. The molecule has 0 saturated carbocycles. The van der Waals surface area contributed by atoms with Gasteiger partial charge in [-0.05, 0) is 96.5 Å². The maximum atomic E-state index is 14.2. The number of sulfonamides is 2. The van der Waals surface area contributed by atoms with Gasteiger partial charge in [-0.3, -0.25) is 0 Å². The van der Waals surface area contributed by atoms with E-state index in [1.165, 1.54) is 36.4 Å². The minimum absolute atomic E-state index is 0.00000325. The van der Waals surface area contributed by atoms with Crippen LogP contribution in [0, 0.1) is 25.5 Å². The fourth-order valence-electron chi connectivity index (χ4n) is 5.14. The van der Waals surface area contributed by atoms with Gasteiger partial charge in [0.05, 0.1) is 22.2 Å². The number of benzene rings is 4. The Hall–Kier alpha value is -7.91. The highest BCUT2D eigenvalue weighted by molar-refractivity contribution is 7.89. The molecule has 348 valence electrons. The number of rotatable bonds is 14. The summed E-state index contributed by atoms with van der Waals surface area (Å²) in [6.07, 6.45) is 1.99. The molecule has 0 bridgehead atoms. The van der Waals surface area contributed by atoms with Gasteiger partial charge < -0.3 is 40.0 Å². The quantitative estimate of drug-likeness (QED) is 0.0520. The monoisotopic (exact) mass is 978 g/mol. The number of aromatic nitrogens is 8. The van der Waals surface area contributed by atoms with Crippen molar-refractivity contribution < 1.29 is 43.9 Å². The molecule has 0 aliphatic carbocycles. The molecule has 8 aromatic rings. The molecule has 67 heavy (non-hydrogen) atoms. The van der Waals surface area contributed by atoms with Crippen LogP contribution in [0.1, 0.15) is 23.6 Å². The third-order valence-corrected chi connectivity index (χ3v) is 10.2. The number of hydrogen-bond acceptors (Lipinski definition) is 20. The number of nitrogens with zero attached hydrogens (tertiary/aromatic N) is 8. The molecule has 4 aromatic carbocycles. The number of nitrogens with two attached hydrogens (primary N) is 3. The molecule has 0 amide bonds. The van der Waals surface area contributed by atoms with Gasteiger partial charge in [0.2, 0.25) is 43.1 Å². The van der Waals surface area contributed by atoms with Crippen LogP contribution in [-0.4, -0.2) is 57.2 Å². The fourth-order valence-corrected chi connectivity index (χ4v) is 6.41. The molecule has 0 radical (unpaired) electrons. The van der Waals surface area contributed by atoms with Crippen molar-refractivity contribution in [3.63, 3.8) is 0 Å². The first-order valence-electron chi connectivity index (χ1n) is 18.9. The number of aryl methyl sites for hydroxylation is 2. The van der Waals surface area contributed by atoms with Crippen LogP contribution in [0.15, 0.2) is 128 Å². The molecule has 0 aliphatic heterocycles. The molecule has 0 atom stereocenters. The minimum atomic E-state index is -3.87. The summed E-state index contributed by atoms with van der Waals surface area (Å²) in [7, 11) is -7.48. The molecular weight excluding hydrogens is 942 g/mol. The van der Waals surface area contributed by atoms with Crippen LogP contribution in [0.5, 0.6) is 11.5 Å². The Morgan fingerprint density at radius 1 is 0.612 bits per heavy atom. The molecule has 0 fully saturated rings. The van der Waals surface area contributed by atoms with Crippen molar-refractivity contribution in [1.82, 2.24) is 40.3 Å². The zero-order valence-corrected chi connectivity index (χ0v) is 37.2. The Labute approximate surface area is 385 Å². The van der Waals surface area contributed by atoms with E-state index >= 15 is 0 Å². The summed E-state index contributed by atoms with van der Waals surface area (Å²) in [6, 6.07) is 25.2. The first-order chi connectivity index (χ1) is 31.9. The van der Waals surface area contributed by atoms with Crippen LogP contribution in [0.2, 0.25) is 5.28 Å². The summed E-state index contributed by atoms with van der Waals surface area (Å²) >= 11 is 5.64. The summed E-state index contributed by atoms with van der Waals surface area (Å²) in [5.41, 5.74) is 7.27. The van der Waals surface area contributed by atoms with Crippen molar-refractivity contribution in [2.45, 2.75) is 36.9 Å². The first-order valence-corrected chi connectivity index (χ1v) is 22.4. The summed E-state index contributed by atoms with van der Waals surface area (Å²) in [6.45, 7) is 3.68. The second-order valence-corrected chi connectivity index (χ2v) is 16.8. The van der Waals surface area contributed by atoms with Crippen LogP contribution in [-0.2, 0) is 33.3 Å². The van der Waals surface area contributed by atoms with E-state index in [1.807, 2.05) is 0 Å². The molecule has 8 rings (SSSR count). The average molecular weight is 979 g/mol. The molecular formula is C40H37ClF2N14O8S2. The Bertz CT molecular complexity index is 3170. The highest BCUT2D eigenvalue weighted by Gasteiger charge is 2.13. The standard InChI is InChI=1S/C20H18FN7O4S.C14H11ClFN5O2.C6H8N2O2S/c1-12-27-28-18(32-12)11-31-15-7-5-13(6-8-15)24-19-17(21)10-23-20(26-19)25-14-3-2-4-16(9-14)33(22,29)30;1-8-20-21-12(23-8)7-22-10-4-2-9(3-5-10)18-13-11(16)6-17-14(15)19-13;7-5-2-1-3-6(4-5)11(8,9)10/h2-10H,11H2,1H3,(H2,22,29,30)(H2,23,24,25,26);2-6H,7H2,1H3,(H,17,18,19);1-4H,7H2,(H2,8,9,10). The lowest BCUT2D eigenvalue weighted by Gasteiger charge is -2.11.